The standard InChI is InChI=1S/C19H25N3O/c1-21-14-16(12-20-21)19(23)10-17-8-5-9-18(11-19)22(17)13-15-6-3-2-4-7-15/h2-4,6-7,12,14,17-18,23H,5,8-11,13H2,1H3. The molecule has 0 radical (unpaired) electrons. The first-order chi connectivity index (χ1) is 11.1. The van der Waals surface area contributed by atoms with E-state index in [0.29, 0.717) is 12.1 Å². The molecule has 1 N–H and O–H groups in total. The van der Waals surface area contributed by atoms with Gasteiger partial charge in [0.1, 0.15) is 0 Å². The first-order valence-corrected chi connectivity index (χ1v) is 8.65. The molecule has 1 aromatic carbocycles. The molecule has 2 atom stereocenters. The lowest BCUT2D eigenvalue weighted by molar-refractivity contribution is -0.0999. The summed E-state index contributed by atoms with van der Waals surface area (Å²) in [6.45, 7) is 0.999. The number of fused-ring (bicyclic) bond motifs is 2. The quantitative estimate of drug-likeness (QED) is 0.947. The van der Waals surface area contributed by atoms with Crippen LogP contribution < -0.4 is 0 Å². The molecule has 2 fully saturated rings. The van der Waals surface area contributed by atoms with E-state index in [4.69, 9.17) is 0 Å². The zero-order chi connectivity index (χ0) is 15.9. The maximum absolute atomic E-state index is 11.3. The van der Waals surface area contributed by atoms with Crippen molar-refractivity contribution in [3.05, 3.63) is 53.9 Å². The number of aliphatic hydroxyl groups is 1. The minimum Gasteiger partial charge on any atom is -0.385 e. The van der Waals surface area contributed by atoms with Gasteiger partial charge in [-0.2, -0.15) is 5.10 Å². The number of benzene rings is 1. The highest BCUT2D eigenvalue weighted by Gasteiger charge is 2.46. The number of nitrogens with zero attached hydrogens (tertiary/aromatic N) is 3. The Bertz CT molecular complexity index is 652. The third-order valence-corrected chi connectivity index (χ3v) is 5.61. The third kappa shape index (κ3) is 2.81. The number of aromatic nitrogens is 2. The summed E-state index contributed by atoms with van der Waals surface area (Å²) in [6, 6.07) is 11.6. The highest BCUT2D eigenvalue weighted by molar-refractivity contribution is 5.20. The van der Waals surface area contributed by atoms with Crippen LogP contribution in [-0.4, -0.2) is 31.9 Å². The van der Waals surface area contributed by atoms with Gasteiger partial charge in [0.05, 0.1) is 11.8 Å². The van der Waals surface area contributed by atoms with Crippen molar-refractivity contribution in [3.8, 4) is 0 Å². The lowest BCUT2D eigenvalue weighted by atomic mass is 9.73. The van der Waals surface area contributed by atoms with Gasteiger partial charge in [0, 0.05) is 37.4 Å². The maximum atomic E-state index is 11.3. The van der Waals surface area contributed by atoms with Gasteiger partial charge in [-0.3, -0.25) is 9.58 Å². The Kier molecular flexibility index (Phi) is 3.74. The topological polar surface area (TPSA) is 41.3 Å². The van der Waals surface area contributed by atoms with Crippen LogP contribution in [0.2, 0.25) is 0 Å². The van der Waals surface area contributed by atoms with Crippen molar-refractivity contribution in [2.24, 2.45) is 7.05 Å². The summed E-state index contributed by atoms with van der Waals surface area (Å²) in [5.41, 5.74) is 1.64. The Morgan fingerprint density at radius 1 is 1.17 bits per heavy atom. The van der Waals surface area contributed by atoms with Crippen LogP contribution in [0.4, 0.5) is 0 Å². The van der Waals surface area contributed by atoms with Gasteiger partial charge in [0.2, 0.25) is 0 Å². The fraction of sp³-hybridized carbons (Fsp3) is 0.526. The van der Waals surface area contributed by atoms with Crippen LogP contribution in [0.15, 0.2) is 42.7 Å². The summed E-state index contributed by atoms with van der Waals surface area (Å²) in [4.78, 5) is 2.63. The minimum absolute atomic E-state index is 0.466. The van der Waals surface area contributed by atoms with Crippen LogP contribution in [0.1, 0.15) is 43.2 Å². The van der Waals surface area contributed by atoms with Gasteiger partial charge in [-0.1, -0.05) is 36.8 Å². The highest BCUT2D eigenvalue weighted by atomic mass is 16.3. The lowest BCUT2D eigenvalue weighted by Crippen LogP contribution is -2.56. The molecule has 0 aliphatic carbocycles. The van der Waals surface area contributed by atoms with Crippen LogP contribution >= 0.6 is 0 Å². The first-order valence-electron chi connectivity index (χ1n) is 8.65. The largest absolute Gasteiger partial charge is 0.385 e. The zero-order valence-corrected chi connectivity index (χ0v) is 13.7. The second-order valence-electron chi connectivity index (χ2n) is 7.24. The van der Waals surface area contributed by atoms with Crippen molar-refractivity contribution >= 4 is 0 Å². The number of rotatable bonds is 3. The second kappa shape index (κ2) is 5.77. The van der Waals surface area contributed by atoms with Gasteiger partial charge in [-0.15, -0.1) is 0 Å². The zero-order valence-electron chi connectivity index (χ0n) is 13.7. The monoisotopic (exact) mass is 311 g/mol. The molecule has 122 valence electrons. The molecule has 0 saturated carbocycles. The molecular weight excluding hydrogens is 286 g/mol. The summed E-state index contributed by atoms with van der Waals surface area (Å²) >= 11 is 0. The number of piperidine rings is 2. The van der Waals surface area contributed by atoms with Crippen LogP contribution in [-0.2, 0) is 19.2 Å². The Morgan fingerprint density at radius 2 is 1.87 bits per heavy atom. The molecule has 0 spiro atoms. The Labute approximate surface area is 137 Å². The van der Waals surface area contributed by atoms with Gasteiger partial charge < -0.3 is 5.11 Å². The van der Waals surface area contributed by atoms with Crippen molar-refractivity contribution in [1.82, 2.24) is 14.7 Å². The Balaban J connectivity index is 1.57. The highest BCUT2D eigenvalue weighted by Crippen LogP contribution is 2.44. The molecule has 0 amide bonds. The van der Waals surface area contributed by atoms with Crippen LogP contribution in [0.3, 0.4) is 0 Å². The van der Waals surface area contributed by atoms with Gasteiger partial charge >= 0.3 is 0 Å². The molecule has 2 aliphatic rings. The summed E-state index contributed by atoms with van der Waals surface area (Å²) in [6.07, 6.45) is 9.11. The van der Waals surface area contributed by atoms with Crippen molar-refractivity contribution in [2.75, 3.05) is 0 Å². The smallest absolute Gasteiger partial charge is 0.0956 e. The summed E-state index contributed by atoms with van der Waals surface area (Å²) < 4.78 is 1.79. The molecule has 4 rings (SSSR count). The maximum Gasteiger partial charge on any atom is 0.0956 e. The van der Waals surface area contributed by atoms with E-state index >= 15 is 0 Å². The Morgan fingerprint density at radius 3 is 2.48 bits per heavy atom. The Hall–Kier alpha value is -1.65. The predicted molar refractivity (Wildman–Crippen MR) is 89.8 cm³/mol. The number of aryl methyl sites for hydroxylation is 1. The molecule has 2 bridgehead atoms. The minimum atomic E-state index is -0.711. The fourth-order valence-electron chi connectivity index (χ4n) is 4.47. The molecule has 2 aromatic rings. The van der Waals surface area contributed by atoms with E-state index in [1.165, 1.54) is 24.8 Å². The third-order valence-electron chi connectivity index (χ3n) is 5.61. The van der Waals surface area contributed by atoms with Crippen molar-refractivity contribution in [3.63, 3.8) is 0 Å². The van der Waals surface area contributed by atoms with Crippen molar-refractivity contribution in [2.45, 2.75) is 56.3 Å². The van der Waals surface area contributed by atoms with Crippen LogP contribution in [0, 0.1) is 0 Å². The molecule has 23 heavy (non-hydrogen) atoms. The molecule has 2 aliphatic heterocycles. The summed E-state index contributed by atoms with van der Waals surface area (Å²) in [5.74, 6) is 0. The molecule has 4 heteroatoms. The fourth-order valence-corrected chi connectivity index (χ4v) is 4.47. The van der Waals surface area contributed by atoms with Crippen LogP contribution in [0.5, 0.6) is 0 Å². The molecule has 2 saturated heterocycles. The van der Waals surface area contributed by atoms with E-state index in [1.54, 1.807) is 4.68 Å². The van der Waals surface area contributed by atoms with Gasteiger partial charge in [-0.05, 0) is 31.2 Å². The lowest BCUT2D eigenvalue weighted by Gasteiger charge is -2.52. The van der Waals surface area contributed by atoms with E-state index in [2.05, 4.69) is 40.3 Å². The molecule has 3 heterocycles. The predicted octanol–water partition coefficient (Wildman–Crippen LogP) is 2.82. The molecule has 1 aromatic heterocycles. The summed E-state index contributed by atoms with van der Waals surface area (Å²) in [7, 11) is 1.91. The second-order valence-corrected chi connectivity index (χ2v) is 7.24. The van der Waals surface area contributed by atoms with Gasteiger partial charge in [-0.25, -0.2) is 0 Å². The molecule has 2 unspecified atom stereocenters. The normalized spacial score (nSPS) is 31.2. The van der Waals surface area contributed by atoms with E-state index in [-0.39, 0.29) is 0 Å². The molecular formula is C19H25N3O. The molecule has 4 nitrogen and oxygen atoms in total. The van der Waals surface area contributed by atoms with E-state index in [9.17, 15) is 5.11 Å². The van der Waals surface area contributed by atoms with E-state index in [0.717, 1.165) is 24.9 Å². The average Bonchev–Trinajstić information content (AvgIpc) is 2.97. The van der Waals surface area contributed by atoms with Gasteiger partial charge in [0.15, 0.2) is 0 Å². The van der Waals surface area contributed by atoms with Crippen molar-refractivity contribution in [1.29, 1.82) is 0 Å². The van der Waals surface area contributed by atoms with Crippen LogP contribution in [0.25, 0.3) is 0 Å². The summed E-state index contributed by atoms with van der Waals surface area (Å²) in [5, 5.41) is 15.5. The van der Waals surface area contributed by atoms with E-state index in [1.807, 2.05) is 19.4 Å². The van der Waals surface area contributed by atoms with E-state index < -0.39 is 5.60 Å². The average molecular weight is 311 g/mol. The first kappa shape index (κ1) is 14.9. The SMILES string of the molecule is Cn1cc(C2(O)CC3CCCC(C2)N3Cc2ccccc2)cn1. The van der Waals surface area contributed by atoms with Gasteiger partial charge in [0.25, 0.3) is 0 Å². The number of hydrogen-bond acceptors (Lipinski definition) is 3. The van der Waals surface area contributed by atoms with Crippen molar-refractivity contribution < 1.29 is 5.11 Å². The number of hydrogen-bond donors (Lipinski definition) is 1.